The van der Waals surface area contributed by atoms with Gasteiger partial charge in [0.15, 0.2) is 5.69 Å². The standard InChI is InChI=1S/C24H22N5O3S2.CH5N/c25-20-11-19(17-3-9-33-14-17)22(10-18(20)13-28-5-7-32-8-6-30)29-23(31)21(26)15-34-24(29)16-2-1-4-27-12-16;1-2/h1-4,6,9-15H,5,7-8,25-26H2;2H2,1H3/q+1;. The van der Waals surface area contributed by atoms with Crippen molar-refractivity contribution in [3.05, 3.63) is 74.8 Å². The van der Waals surface area contributed by atoms with E-state index in [1.165, 1.54) is 18.4 Å². The number of aliphatic imine (C=N–C) groups is 1. The number of anilines is 2. The summed E-state index contributed by atoms with van der Waals surface area (Å²) in [5.41, 5.74) is 21.1. The Morgan fingerprint density at radius 1 is 1.14 bits per heavy atom. The van der Waals surface area contributed by atoms with Crippen molar-refractivity contribution < 1.29 is 14.1 Å². The molecule has 36 heavy (non-hydrogen) atoms. The van der Waals surface area contributed by atoms with E-state index in [4.69, 9.17) is 16.2 Å². The van der Waals surface area contributed by atoms with Crippen LogP contribution in [0.15, 0.2) is 68.7 Å². The zero-order chi connectivity index (χ0) is 25.9. The monoisotopic (exact) mass is 523 g/mol. The van der Waals surface area contributed by atoms with Crippen LogP contribution in [0.1, 0.15) is 5.56 Å². The Hall–Kier alpha value is -3.77. The van der Waals surface area contributed by atoms with Crippen molar-refractivity contribution >= 4 is 46.5 Å². The third-order valence-corrected chi connectivity index (χ3v) is 6.61. The molecular formula is C25H27N6O3S2+. The molecule has 0 fully saturated rings. The number of benzene rings is 1. The smallest absolute Gasteiger partial charge is 0.398 e. The highest BCUT2D eigenvalue weighted by Crippen LogP contribution is 2.31. The van der Waals surface area contributed by atoms with Crippen LogP contribution in [0.25, 0.3) is 27.4 Å². The second kappa shape index (κ2) is 13.4. The van der Waals surface area contributed by atoms with Gasteiger partial charge < -0.3 is 26.7 Å². The van der Waals surface area contributed by atoms with Crippen LogP contribution in [0.2, 0.25) is 0 Å². The first-order valence-electron chi connectivity index (χ1n) is 10.9. The van der Waals surface area contributed by atoms with Gasteiger partial charge in [-0.05, 0) is 47.6 Å². The first kappa shape index (κ1) is 26.8. The first-order valence-corrected chi connectivity index (χ1v) is 12.7. The fourth-order valence-electron chi connectivity index (χ4n) is 3.33. The van der Waals surface area contributed by atoms with Crippen LogP contribution in [-0.4, -0.2) is 44.3 Å². The highest BCUT2D eigenvalue weighted by atomic mass is 32.1. The van der Waals surface area contributed by atoms with E-state index in [1.54, 1.807) is 39.9 Å². The molecule has 0 amide bonds. The molecule has 4 aromatic rings. The summed E-state index contributed by atoms with van der Waals surface area (Å²) in [5.74, 6) is 0. The number of carbonyl (C=O) groups excluding carboxylic acids is 1. The number of aldehydes is 1. The number of hydrogen-bond acceptors (Lipinski definition) is 10. The number of hydrogen-bond donors (Lipinski definition) is 3. The van der Waals surface area contributed by atoms with Gasteiger partial charge in [-0.1, -0.05) is 11.3 Å². The normalized spacial score (nSPS) is 10.7. The van der Waals surface area contributed by atoms with Gasteiger partial charge in [-0.25, -0.2) is 4.79 Å². The summed E-state index contributed by atoms with van der Waals surface area (Å²) >= 11 is 2.92. The van der Waals surface area contributed by atoms with Crippen LogP contribution in [0.5, 0.6) is 0 Å². The predicted octanol–water partition coefficient (Wildman–Crippen LogP) is 2.55. The summed E-state index contributed by atoms with van der Waals surface area (Å²) in [6.45, 7) is 0.723. The SMILES string of the molecule is CN.Nc1cc(-c2ccsc2)c(-[n+]2c(-c3cccnc3)scc(N)c2=O)cc1C=NCCOCC=O. The molecule has 0 saturated heterocycles. The number of ether oxygens (including phenoxy) is 1. The number of carbonyl (C=O) groups is 1. The minimum absolute atomic E-state index is 0.0355. The number of aromatic nitrogens is 2. The van der Waals surface area contributed by atoms with E-state index < -0.39 is 0 Å². The third-order valence-electron chi connectivity index (χ3n) is 4.91. The Kier molecular flexibility index (Phi) is 9.95. The van der Waals surface area contributed by atoms with Crippen molar-refractivity contribution in [3.8, 4) is 27.4 Å². The number of rotatable bonds is 9. The van der Waals surface area contributed by atoms with Gasteiger partial charge in [-0.15, -0.1) is 4.57 Å². The summed E-state index contributed by atoms with van der Waals surface area (Å²) in [5, 5.41) is 6.31. The second-order valence-corrected chi connectivity index (χ2v) is 8.80. The minimum atomic E-state index is -0.330. The molecule has 186 valence electrons. The molecule has 0 aliphatic carbocycles. The van der Waals surface area contributed by atoms with E-state index in [0.29, 0.717) is 41.4 Å². The van der Waals surface area contributed by atoms with Crippen LogP contribution < -0.4 is 27.3 Å². The number of nitrogens with two attached hydrogens (primary N) is 3. The van der Waals surface area contributed by atoms with Gasteiger partial charge >= 0.3 is 5.56 Å². The largest absolute Gasteiger partial charge is 0.443 e. The van der Waals surface area contributed by atoms with Gasteiger partial charge in [-0.2, -0.15) is 11.3 Å². The lowest BCUT2D eigenvalue weighted by molar-refractivity contribution is -0.594. The van der Waals surface area contributed by atoms with Gasteiger partial charge in [0.05, 0.1) is 24.3 Å². The van der Waals surface area contributed by atoms with Crippen molar-refractivity contribution in [2.75, 3.05) is 38.3 Å². The van der Waals surface area contributed by atoms with E-state index in [0.717, 1.165) is 16.7 Å². The third kappa shape index (κ3) is 6.26. The molecule has 0 saturated carbocycles. The molecule has 0 spiro atoms. The first-order chi connectivity index (χ1) is 17.6. The van der Waals surface area contributed by atoms with E-state index in [1.807, 2.05) is 41.1 Å². The van der Waals surface area contributed by atoms with Crippen molar-refractivity contribution in [1.29, 1.82) is 0 Å². The molecule has 3 heterocycles. The number of thiophene rings is 1. The van der Waals surface area contributed by atoms with Gasteiger partial charge in [-0.3, -0.25) is 9.98 Å². The Bertz CT molecular complexity index is 1370. The Labute approximate surface area is 216 Å². The fraction of sp³-hybridized carbons (Fsp3) is 0.160. The van der Waals surface area contributed by atoms with E-state index in [2.05, 4.69) is 15.7 Å². The average molecular weight is 524 g/mol. The maximum atomic E-state index is 13.4. The van der Waals surface area contributed by atoms with Crippen LogP contribution in [0.3, 0.4) is 0 Å². The molecule has 0 aliphatic heterocycles. The molecule has 1 aromatic carbocycles. The maximum absolute atomic E-state index is 13.4. The van der Waals surface area contributed by atoms with Crippen LogP contribution in [0, 0.1) is 0 Å². The molecule has 0 unspecified atom stereocenters. The zero-order valence-corrected chi connectivity index (χ0v) is 21.3. The van der Waals surface area contributed by atoms with Crippen LogP contribution >= 0.6 is 22.7 Å². The molecule has 6 N–H and O–H groups in total. The summed E-state index contributed by atoms with van der Waals surface area (Å²) < 4.78 is 6.74. The molecule has 0 bridgehead atoms. The lowest BCUT2D eigenvalue weighted by Crippen LogP contribution is -2.50. The van der Waals surface area contributed by atoms with Crippen molar-refractivity contribution in [2.45, 2.75) is 0 Å². The molecule has 9 nitrogen and oxygen atoms in total. The number of nitrogens with zero attached hydrogens (tertiary/aromatic N) is 3. The highest BCUT2D eigenvalue weighted by Gasteiger charge is 2.27. The zero-order valence-electron chi connectivity index (χ0n) is 19.7. The Balaban J connectivity index is 0.00000176. The van der Waals surface area contributed by atoms with E-state index in [-0.39, 0.29) is 17.9 Å². The van der Waals surface area contributed by atoms with Crippen LogP contribution in [-0.2, 0) is 9.53 Å². The van der Waals surface area contributed by atoms with Gasteiger partial charge in [0, 0.05) is 41.3 Å². The van der Waals surface area contributed by atoms with Crippen LogP contribution in [0.4, 0.5) is 11.4 Å². The minimum Gasteiger partial charge on any atom is -0.398 e. The molecule has 0 atom stereocenters. The highest BCUT2D eigenvalue weighted by molar-refractivity contribution is 7.12. The van der Waals surface area contributed by atoms with Gasteiger partial charge in [0.2, 0.25) is 5.69 Å². The van der Waals surface area contributed by atoms with Gasteiger partial charge in [0.1, 0.15) is 12.9 Å². The van der Waals surface area contributed by atoms with Crippen molar-refractivity contribution in [3.63, 3.8) is 0 Å². The predicted molar refractivity (Wildman–Crippen MR) is 147 cm³/mol. The summed E-state index contributed by atoms with van der Waals surface area (Å²) in [6, 6.07) is 9.38. The quantitative estimate of drug-likeness (QED) is 0.100. The number of pyridine rings is 1. The molecule has 3 aromatic heterocycles. The molecule has 11 heteroatoms. The number of nitrogen functional groups attached to an aromatic ring is 2. The molecule has 0 aliphatic rings. The van der Waals surface area contributed by atoms with E-state index in [9.17, 15) is 9.59 Å². The molecule has 4 rings (SSSR count). The topological polar surface area (TPSA) is 151 Å². The molecule has 0 radical (unpaired) electrons. The second-order valence-electron chi connectivity index (χ2n) is 7.17. The maximum Gasteiger partial charge on any atom is 0.443 e. The van der Waals surface area contributed by atoms with Crippen molar-refractivity contribution in [1.82, 2.24) is 4.98 Å². The van der Waals surface area contributed by atoms with E-state index >= 15 is 0 Å². The lowest BCUT2D eigenvalue weighted by atomic mass is 10.0. The fourth-order valence-corrected chi connectivity index (χ4v) is 4.87. The van der Waals surface area contributed by atoms with Gasteiger partial charge in [0.25, 0.3) is 5.01 Å². The summed E-state index contributed by atoms with van der Waals surface area (Å²) in [6.07, 6.45) is 5.73. The summed E-state index contributed by atoms with van der Waals surface area (Å²) in [7, 11) is 1.50. The average Bonchev–Trinajstić information content (AvgIpc) is 3.45. The van der Waals surface area contributed by atoms with Crippen molar-refractivity contribution in [2.24, 2.45) is 10.7 Å². The molecular weight excluding hydrogens is 496 g/mol. The Morgan fingerprint density at radius 3 is 2.67 bits per heavy atom. The lowest BCUT2D eigenvalue weighted by Gasteiger charge is -2.10. The Morgan fingerprint density at radius 2 is 1.97 bits per heavy atom. The summed E-state index contributed by atoms with van der Waals surface area (Å²) in [4.78, 5) is 32.3.